The van der Waals surface area contributed by atoms with Crippen LogP contribution in [0, 0.1) is 0 Å². The summed E-state index contributed by atoms with van der Waals surface area (Å²) in [5.74, 6) is -2.24. The van der Waals surface area contributed by atoms with Crippen molar-refractivity contribution in [3.8, 4) is 0 Å². The molecular weight excluding hydrogens is 191 g/mol. The van der Waals surface area contributed by atoms with Gasteiger partial charge in [-0.05, 0) is 0 Å². The quantitative estimate of drug-likeness (QED) is 0.597. The van der Waals surface area contributed by atoms with Gasteiger partial charge in [0.1, 0.15) is 0 Å². The molecule has 0 rings (SSSR count). The van der Waals surface area contributed by atoms with Crippen molar-refractivity contribution >= 4 is 28.0 Å². The van der Waals surface area contributed by atoms with Crippen LogP contribution in [0.4, 0.5) is 0 Å². The van der Waals surface area contributed by atoms with Gasteiger partial charge in [0.05, 0.1) is 0 Å². The van der Waals surface area contributed by atoms with Crippen LogP contribution in [0.25, 0.3) is 0 Å². The van der Waals surface area contributed by atoms with Crippen LogP contribution in [0.5, 0.6) is 0 Å². The molecule has 2 N–H and O–H groups in total. The van der Waals surface area contributed by atoms with Crippen LogP contribution in [-0.2, 0) is 9.59 Å². The molecule has 0 aliphatic carbocycles. The Morgan fingerprint density at radius 1 is 1.44 bits per heavy atom. The van der Waals surface area contributed by atoms with E-state index in [4.69, 9.17) is 10.2 Å². The molecule has 0 aliphatic rings. The summed E-state index contributed by atoms with van der Waals surface area (Å²) in [6, 6.07) is 0. The molecule has 1 unspecified atom stereocenters. The maximum atomic E-state index is 9.94. The molecular formula is C4H5O4Se. The molecule has 1 atom stereocenters. The van der Waals surface area contributed by atoms with E-state index in [9.17, 15) is 9.59 Å². The van der Waals surface area contributed by atoms with Crippen molar-refractivity contribution in [3.05, 3.63) is 0 Å². The van der Waals surface area contributed by atoms with E-state index in [-0.39, 0.29) is 6.42 Å². The van der Waals surface area contributed by atoms with Crippen LogP contribution < -0.4 is 0 Å². The minimum absolute atomic E-state index is 0.366. The van der Waals surface area contributed by atoms with Gasteiger partial charge in [-0.15, -0.1) is 0 Å². The summed E-state index contributed by atoms with van der Waals surface area (Å²) >= 11 is 2.23. The first kappa shape index (κ1) is 8.46. The monoisotopic (exact) mass is 197 g/mol. The summed E-state index contributed by atoms with van der Waals surface area (Å²) in [7, 11) is 0. The van der Waals surface area contributed by atoms with E-state index in [0.717, 1.165) is 0 Å². The molecule has 0 saturated carbocycles. The minimum atomic E-state index is -1.13. The summed E-state index contributed by atoms with van der Waals surface area (Å²) in [5.41, 5.74) is 0. The molecule has 9 heavy (non-hydrogen) atoms. The third-order valence-electron chi connectivity index (χ3n) is 0.635. The zero-order chi connectivity index (χ0) is 7.44. The summed E-state index contributed by atoms with van der Waals surface area (Å²) in [6.07, 6.45) is -0.366. The third kappa shape index (κ3) is 4.00. The first-order valence-electron chi connectivity index (χ1n) is 2.14. The Labute approximate surface area is 59.7 Å². The molecule has 0 spiro atoms. The van der Waals surface area contributed by atoms with E-state index >= 15 is 0 Å². The van der Waals surface area contributed by atoms with Crippen molar-refractivity contribution in [2.45, 2.75) is 11.2 Å². The molecule has 0 amide bonds. The van der Waals surface area contributed by atoms with Gasteiger partial charge in [0.25, 0.3) is 0 Å². The maximum absolute atomic E-state index is 9.94. The van der Waals surface area contributed by atoms with Gasteiger partial charge in [-0.25, -0.2) is 0 Å². The average molecular weight is 196 g/mol. The summed E-state index contributed by atoms with van der Waals surface area (Å²) in [4.78, 5) is 18.9. The number of hydrogen-bond donors (Lipinski definition) is 2. The second-order valence-electron chi connectivity index (χ2n) is 1.42. The fourth-order valence-electron chi connectivity index (χ4n) is 0.246. The van der Waals surface area contributed by atoms with Gasteiger partial charge in [-0.1, -0.05) is 0 Å². The molecule has 0 heterocycles. The Morgan fingerprint density at radius 3 is 2.00 bits per heavy atom. The normalized spacial score (nSPS) is 12.6. The van der Waals surface area contributed by atoms with Crippen LogP contribution in [0.2, 0.25) is 4.82 Å². The van der Waals surface area contributed by atoms with Gasteiger partial charge in [-0.2, -0.15) is 0 Å². The molecule has 51 valence electrons. The molecule has 0 aromatic rings. The number of hydrogen-bond acceptors (Lipinski definition) is 2. The van der Waals surface area contributed by atoms with Gasteiger partial charge < -0.3 is 0 Å². The molecule has 5 heteroatoms. The Hall–Kier alpha value is -0.541. The van der Waals surface area contributed by atoms with Gasteiger partial charge in [0.2, 0.25) is 0 Å². The number of carboxylic acid groups (broad SMARTS) is 2. The summed E-state index contributed by atoms with van der Waals surface area (Å²) in [6.45, 7) is 0. The Bertz CT molecular complexity index is 133. The van der Waals surface area contributed by atoms with E-state index in [1.807, 2.05) is 0 Å². The predicted octanol–water partition coefficient (Wildman–Crippen LogP) is -0.497. The topological polar surface area (TPSA) is 74.6 Å². The van der Waals surface area contributed by atoms with E-state index < -0.39 is 16.8 Å². The number of aliphatic carboxylic acids is 2. The molecule has 0 fully saturated rings. The van der Waals surface area contributed by atoms with Gasteiger partial charge in [0.15, 0.2) is 0 Å². The van der Waals surface area contributed by atoms with Crippen molar-refractivity contribution in [2.75, 3.05) is 0 Å². The zero-order valence-corrected chi connectivity index (χ0v) is 6.12. The van der Waals surface area contributed by atoms with E-state index in [1.165, 1.54) is 0 Å². The molecule has 0 aliphatic heterocycles. The SMILES string of the molecule is O=C(O)CC([Se])C(=O)O. The van der Waals surface area contributed by atoms with E-state index in [2.05, 4.69) is 16.0 Å². The molecule has 4 nitrogen and oxygen atoms in total. The molecule has 0 bridgehead atoms. The molecule has 0 aromatic carbocycles. The number of carboxylic acids is 2. The van der Waals surface area contributed by atoms with Crippen LogP contribution >= 0.6 is 0 Å². The van der Waals surface area contributed by atoms with Crippen molar-refractivity contribution in [2.24, 2.45) is 0 Å². The zero-order valence-electron chi connectivity index (χ0n) is 4.40. The van der Waals surface area contributed by atoms with Gasteiger partial charge >= 0.3 is 59.0 Å². The van der Waals surface area contributed by atoms with Crippen molar-refractivity contribution in [1.82, 2.24) is 0 Å². The summed E-state index contributed by atoms with van der Waals surface area (Å²) in [5, 5.41) is 16.2. The second kappa shape index (κ2) is 3.48. The Kier molecular flexibility index (Phi) is 3.27. The van der Waals surface area contributed by atoms with E-state index in [0.29, 0.717) is 0 Å². The van der Waals surface area contributed by atoms with Crippen LogP contribution in [0.1, 0.15) is 6.42 Å². The second-order valence-corrected chi connectivity index (χ2v) is 2.62. The van der Waals surface area contributed by atoms with Crippen molar-refractivity contribution in [1.29, 1.82) is 0 Å². The van der Waals surface area contributed by atoms with Gasteiger partial charge in [0, 0.05) is 0 Å². The Morgan fingerprint density at radius 2 is 1.89 bits per heavy atom. The van der Waals surface area contributed by atoms with Gasteiger partial charge in [-0.3, -0.25) is 0 Å². The summed E-state index contributed by atoms with van der Waals surface area (Å²) < 4.78 is 0. The van der Waals surface area contributed by atoms with Crippen molar-refractivity contribution in [3.63, 3.8) is 0 Å². The average Bonchev–Trinajstić information content (AvgIpc) is 1.63. The number of carbonyl (C=O) groups is 2. The molecule has 0 aromatic heterocycles. The van der Waals surface area contributed by atoms with Crippen LogP contribution in [0.3, 0.4) is 0 Å². The standard InChI is InChI=1S/C4H5O4Se/c5-3(6)1-2(9)4(7)8/h2H,1H2,(H,5,6)(H,7,8). The fourth-order valence-corrected chi connectivity index (χ4v) is 0.545. The van der Waals surface area contributed by atoms with E-state index in [1.54, 1.807) is 0 Å². The third-order valence-corrected chi connectivity index (χ3v) is 1.41. The predicted molar refractivity (Wildman–Crippen MR) is 29.4 cm³/mol. The number of rotatable bonds is 3. The first-order valence-corrected chi connectivity index (χ1v) is 3.13. The first-order chi connectivity index (χ1) is 4.04. The molecule has 0 saturated heterocycles. The van der Waals surface area contributed by atoms with Crippen LogP contribution in [0.15, 0.2) is 0 Å². The van der Waals surface area contributed by atoms with Crippen LogP contribution in [-0.4, -0.2) is 38.2 Å². The Balaban J connectivity index is 3.63. The van der Waals surface area contributed by atoms with Crippen molar-refractivity contribution < 1.29 is 19.8 Å². The molecule has 1 radical (unpaired) electrons. The fraction of sp³-hybridized carbons (Fsp3) is 0.500.